The molecule has 0 atom stereocenters. The number of benzene rings is 1. The van der Waals surface area contributed by atoms with E-state index in [4.69, 9.17) is 25.8 Å². The third-order valence-electron chi connectivity index (χ3n) is 3.10. The fourth-order valence-corrected chi connectivity index (χ4v) is 1.99. The maximum absolute atomic E-state index is 5.74. The highest BCUT2D eigenvalue weighted by Gasteiger charge is 2.22. The van der Waals surface area contributed by atoms with Crippen molar-refractivity contribution in [3.05, 3.63) is 29.3 Å². The Balaban J connectivity index is 1.78. The first kappa shape index (κ1) is 12.6. The normalized spacial score (nSPS) is 16.5. The highest BCUT2D eigenvalue weighted by atomic mass is 35.5. The lowest BCUT2D eigenvalue weighted by Crippen LogP contribution is -2.16. The smallest absolute Gasteiger partial charge is 0.231 e. The number of nitrogens with one attached hydrogen (secondary N) is 1. The lowest BCUT2D eigenvalue weighted by molar-refractivity contribution is 0.174. The van der Waals surface area contributed by atoms with Gasteiger partial charge in [-0.2, -0.15) is 0 Å². The molecule has 0 unspecified atom stereocenters. The second-order valence-electron chi connectivity index (χ2n) is 4.77. The van der Waals surface area contributed by atoms with Crippen LogP contribution < -0.4 is 19.5 Å². The van der Waals surface area contributed by atoms with Gasteiger partial charge in [-0.05, 0) is 18.9 Å². The summed E-state index contributed by atoms with van der Waals surface area (Å²) in [5, 5.41) is 3.93. The predicted molar refractivity (Wildman–Crippen MR) is 72.9 cm³/mol. The van der Waals surface area contributed by atoms with Crippen molar-refractivity contribution in [3.63, 3.8) is 0 Å². The molecule has 1 aromatic rings. The van der Waals surface area contributed by atoms with Crippen LogP contribution in [0.25, 0.3) is 0 Å². The first-order valence-electron chi connectivity index (χ1n) is 6.34. The first-order chi connectivity index (χ1) is 9.22. The van der Waals surface area contributed by atoms with E-state index in [0.29, 0.717) is 16.8 Å². The van der Waals surface area contributed by atoms with Crippen molar-refractivity contribution >= 4 is 11.6 Å². The van der Waals surface area contributed by atoms with Gasteiger partial charge in [-0.15, -0.1) is 0 Å². The highest BCUT2D eigenvalue weighted by molar-refractivity contribution is 6.29. The van der Waals surface area contributed by atoms with E-state index >= 15 is 0 Å². The van der Waals surface area contributed by atoms with Crippen molar-refractivity contribution < 1.29 is 14.2 Å². The fraction of sp³-hybridized carbons (Fsp3) is 0.429. The summed E-state index contributed by atoms with van der Waals surface area (Å²) in [6.45, 7) is 4.93. The van der Waals surface area contributed by atoms with Gasteiger partial charge in [0.2, 0.25) is 6.79 Å². The average molecular weight is 282 g/mol. The maximum Gasteiger partial charge on any atom is 0.231 e. The van der Waals surface area contributed by atoms with Crippen LogP contribution in [-0.4, -0.2) is 19.4 Å². The van der Waals surface area contributed by atoms with Gasteiger partial charge in [-0.3, -0.25) is 0 Å². The molecule has 1 heterocycles. The van der Waals surface area contributed by atoms with Gasteiger partial charge in [0.15, 0.2) is 11.5 Å². The quantitative estimate of drug-likeness (QED) is 0.870. The number of ether oxygens (including phenoxy) is 3. The molecule has 3 rings (SSSR count). The van der Waals surface area contributed by atoms with Gasteiger partial charge in [-0.25, -0.2) is 0 Å². The summed E-state index contributed by atoms with van der Waals surface area (Å²) in [4.78, 5) is 0. The van der Waals surface area contributed by atoms with Crippen LogP contribution in [0.15, 0.2) is 23.7 Å². The molecule has 1 aliphatic heterocycles. The van der Waals surface area contributed by atoms with Crippen LogP contribution in [0, 0.1) is 0 Å². The topological polar surface area (TPSA) is 39.7 Å². The molecule has 5 heteroatoms. The number of hydrogen-bond donors (Lipinski definition) is 1. The molecule has 1 fully saturated rings. The monoisotopic (exact) mass is 281 g/mol. The molecular weight excluding hydrogens is 266 g/mol. The van der Waals surface area contributed by atoms with Gasteiger partial charge in [0.25, 0.3) is 0 Å². The van der Waals surface area contributed by atoms with E-state index < -0.39 is 0 Å². The molecule has 0 aromatic heterocycles. The molecule has 0 bridgehead atoms. The van der Waals surface area contributed by atoms with Gasteiger partial charge < -0.3 is 19.5 Å². The summed E-state index contributed by atoms with van der Waals surface area (Å²) in [5.74, 6) is 2.24. The first-order valence-corrected chi connectivity index (χ1v) is 6.72. The zero-order valence-corrected chi connectivity index (χ0v) is 11.3. The lowest BCUT2D eigenvalue weighted by Gasteiger charge is -2.12. The van der Waals surface area contributed by atoms with Crippen LogP contribution in [0.2, 0.25) is 0 Å². The van der Waals surface area contributed by atoms with E-state index in [9.17, 15) is 0 Å². The molecule has 1 aromatic carbocycles. The summed E-state index contributed by atoms with van der Waals surface area (Å²) < 4.78 is 16.4. The molecule has 0 amide bonds. The second kappa shape index (κ2) is 5.31. The third kappa shape index (κ3) is 3.14. The van der Waals surface area contributed by atoms with Crippen LogP contribution in [0.5, 0.6) is 17.2 Å². The van der Waals surface area contributed by atoms with Crippen molar-refractivity contribution in [1.82, 2.24) is 5.32 Å². The Morgan fingerprint density at radius 3 is 2.79 bits per heavy atom. The van der Waals surface area contributed by atoms with Crippen LogP contribution in [0.1, 0.15) is 18.4 Å². The van der Waals surface area contributed by atoms with Gasteiger partial charge in [0.1, 0.15) is 12.4 Å². The molecule has 1 N–H and O–H groups in total. The largest absolute Gasteiger partial charge is 0.488 e. The Bertz CT molecular complexity index is 500. The molecule has 19 heavy (non-hydrogen) atoms. The van der Waals surface area contributed by atoms with Crippen LogP contribution >= 0.6 is 11.6 Å². The standard InChI is InChI=1S/C14H16ClNO3/c1-9(15)7-17-12-5-14-13(18-8-19-14)4-10(12)6-16-11-2-3-11/h4-5,11,16H,1-3,6-8H2. The summed E-state index contributed by atoms with van der Waals surface area (Å²) in [6, 6.07) is 4.46. The number of fused-ring (bicyclic) bond motifs is 1. The zero-order valence-electron chi connectivity index (χ0n) is 10.6. The maximum atomic E-state index is 5.74. The Morgan fingerprint density at radius 2 is 2.11 bits per heavy atom. The average Bonchev–Trinajstić information content (AvgIpc) is 3.10. The molecule has 0 radical (unpaired) electrons. The molecule has 0 saturated heterocycles. The second-order valence-corrected chi connectivity index (χ2v) is 5.31. The summed E-state index contributed by atoms with van der Waals surface area (Å²) in [6.07, 6.45) is 2.50. The van der Waals surface area contributed by atoms with Crippen molar-refractivity contribution in [3.8, 4) is 17.2 Å². The molecule has 1 saturated carbocycles. The number of rotatable bonds is 6. The van der Waals surface area contributed by atoms with Gasteiger partial charge >= 0.3 is 0 Å². The van der Waals surface area contributed by atoms with E-state index in [-0.39, 0.29) is 13.4 Å². The molecule has 4 nitrogen and oxygen atoms in total. The Morgan fingerprint density at radius 1 is 1.37 bits per heavy atom. The predicted octanol–water partition coefficient (Wildman–Crippen LogP) is 2.80. The molecular formula is C14H16ClNO3. The highest BCUT2D eigenvalue weighted by Crippen LogP contribution is 2.38. The minimum Gasteiger partial charge on any atom is -0.488 e. The lowest BCUT2D eigenvalue weighted by atomic mass is 10.1. The molecule has 2 aliphatic rings. The van der Waals surface area contributed by atoms with E-state index in [1.807, 2.05) is 12.1 Å². The van der Waals surface area contributed by atoms with Crippen molar-refractivity contribution in [1.29, 1.82) is 0 Å². The van der Waals surface area contributed by atoms with Crippen LogP contribution in [-0.2, 0) is 6.54 Å². The zero-order chi connectivity index (χ0) is 13.2. The summed E-state index contributed by atoms with van der Waals surface area (Å²) >= 11 is 5.74. The molecule has 1 aliphatic carbocycles. The van der Waals surface area contributed by atoms with Gasteiger partial charge in [0.05, 0.1) is 0 Å². The minimum atomic E-state index is 0.260. The van der Waals surface area contributed by atoms with Crippen LogP contribution in [0.3, 0.4) is 0 Å². The Labute approximate surface area is 117 Å². The van der Waals surface area contributed by atoms with Crippen LogP contribution in [0.4, 0.5) is 0 Å². The van der Waals surface area contributed by atoms with E-state index in [1.54, 1.807) is 0 Å². The van der Waals surface area contributed by atoms with Gasteiger partial charge in [0, 0.05) is 29.2 Å². The van der Waals surface area contributed by atoms with E-state index in [2.05, 4.69) is 11.9 Å². The Kier molecular flexibility index (Phi) is 3.53. The number of halogens is 1. The summed E-state index contributed by atoms with van der Waals surface area (Å²) in [7, 11) is 0. The van der Waals surface area contributed by atoms with E-state index in [0.717, 1.165) is 23.6 Å². The SMILES string of the molecule is C=C(Cl)COc1cc2c(cc1CNC1CC1)OCO2. The fourth-order valence-electron chi connectivity index (χ4n) is 1.94. The number of hydrogen-bond acceptors (Lipinski definition) is 4. The molecule has 0 spiro atoms. The van der Waals surface area contributed by atoms with Crippen molar-refractivity contribution in [2.45, 2.75) is 25.4 Å². The van der Waals surface area contributed by atoms with E-state index in [1.165, 1.54) is 12.8 Å². The van der Waals surface area contributed by atoms with Crippen molar-refractivity contribution in [2.24, 2.45) is 0 Å². The Hall–Kier alpha value is -1.39. The third-order valence-corrected chi connectivity index (χ3v) is 3.21. The summed E-state index contributed by atoms with van der Waals surface area (Å²) in [5.41, 5.74) is 1.05. The van der Waals surface area contributed by atoms with Gasteiger partial charge in [-0.1, -0.05) is 18.2 Å². The van der Waals surface area contributed by atoms with Crippen molar-refractivity contribution in [2.75, 3.05) is 13.4 Å². The molecule has 102 valence electrons. The minimum absolute atomic E-state index is 0.260.